The zero-order chi connectivity index (χ0) is 18.8. The number of carbonyl (C=O) groups is 1. The van der Waals surface area contributed by atoms with Crippen molar-refractivity contribution in [2.24, 2.45) is 0 Å². The molecule has 1 aromatic heterocycles. The van der Waals surface area contributed by atoms with Crippen LogP contribution in [0.25, 0.3) is 0 Å². The normalized spacial score (nSPS) is 13.4. The van der Waals surface area contributed by atoms with E-state index in [0.29, 0.717) is 6.54 Å². The number of hydrogen-bond acceptors (Lipinski definition) is 3. The Hall–Kier alpha value is -1.78. The van der Waals surface area contributed by atoms with Gasteiger partial charge in [-0.3, -0.25) is 9.59 Å². The van der Waals surface area contributed by atoms with Gasteiger partial charge in [0.25, 0.3) is 11.5 Å². The monoisotopic (exact) mass is 362 g/mol. The minimum Gasteiger partial charge on any atom is -0.507 e. The highest BCUT2D eigenvalue weighted by Crippen LogP contribution is 2.28. The molecule has 2 rings (SSSR count). The standard InChI is InChI=1S/C21H34N2O3/c1-2-3-4-5-6-7-8-9-12-15-22-20(25)18-19(24)16-13-10-11-14-17(16)23-21(18)26/h2-15H2,1H3,(H,22,25)(H2,23,24,26). The summed E-state index contributed by atoms with van der Waals surface area (Å²) in [5.74, 6) is -0.579. The topological polar surface area (TPSA) is 82.2 Å². The third kappa shape index (κ3) is 5.89. The van der Waals surface area contributed by atoms with Gasteiger partial charge in [0, 0.05) is 17.8 Å². The molecular formula is C21H34N2O3. The Morgan fingerprint density at radius 1 is 1.00 bits per heavy atom. The van der Waals surface area contributed by atoms with Crippen LogP contribution < -0.4 is 10.9 Å². The number of unbranched alkanes of at least 4 members (excludes halogenated alkanes) is 8. The van der Waals surface area contributed by atoms with Gasteiger partial charge < -0.3 is 15.4 Å². The first-order chi connectivity index (χ1) is 12.6. The molecule has 1 aromatic rings. The number of carbonyl (C=O) groups excluding carboxylic acids is 1. The van der Waals surface area contributed by atoms with E-state index in [1.165, 1.54) is 44.9 Å². The Kier molecular flexibility index (Phi) is 8.72. The highest BCUT2D eigenvalue weighted by Gasteiger charge is 2.23. The van der Waals surface area contributed by atoms with Crippen LogP contribution in [0.1, 0.15) is 99.2 Å². The van der Waals surface area contributed by atoms with Gasteiger partial charge in [0.15, 0.2) is 0 Å². The molecule has 0 radical (unpaired) electrons. The van der Waals surface area contributed by atoms with Crippen LogP contribution in [0.15, 0.2) is 4.79 Å². The number of aromatic amines is 1. The number of hydrogen-bond donors (Lipinski definition) is 3. The lowest BCUT2D eigenvalue weighted by atomic mass is 9.93. The summed E-state index contributed by atoms with van der Waals surface area (Å²) in [4.78, 5) is 27.3. The minimum atomic E-state index is -0.479. The van der Waals surface area contributed by atoms with Gasteiger partial charge in [0.05, 0.1) is 0 Å². The molecule has 0 saturated carbocycles. The largest absolute Gasteiger partial charge is 0.507 e. The van der Waals surface area contributed by atoms with Crippen molar-refractivity contribution in [2.45, 2.75) is 90.4 Å². The number of aryl methyl sites for hydroxylation is 1. The van der Waals surface area contributed by atoms with Crippen molar-refractivity contribution >= 4 is 5.91 Å². The van der Waals surface area contributed by atoms with Crippen LogP contribution in [-0.2, 0) is 12.8 Å². The van der Waals surface area contributed by atoms with Crippen LogP contribution in [0, 0.1) is 0 Å². The molecular weight excluding hydrogens is 328 g/mol. The van der Waals surface area contributed by atoms with Crippen molar-refractivity contribution in [1.29, 1.82) is 0 Å². The SMILES string of the molecule is CCCCCCCCCCCNC(=O)c1c(O)c2c([nH]c1=O)CCCC2. The summed E-state index contributed by atoms with van der Waals surface area (Å²) in [6.07, 6.45) is 14.5. The number of aromatic hydroxyl groups is 1. The van der Waals surface area contributed by atoms with E-state index in [0.717, 1.165) is 49.8 Å². The van der Waals surface area contributed by atoms with Crippen LogP contribution in [0.3, 0.4) is 0 Å². The average molecular weight is 363 g/mol. The molecule has 1 aliphatic carbocycles. The van der Waals surface area contributed by atoms with Gasteiger partial charge in [0.2, 0.25) is 0 Å². The summed E-state index contributed by atoms with van der Waals surface area (Å²) in [6, 6.07) is 0. The first-order valence-corrected chi connectivity index (χ1v) is 10.4. The minimum absolute atomic E-state index is 0.118. The highest BCUT2D eigenvalue weighted by atomic mass is 16.3. The average Bonchev–Trinajstić information content (AvgIpc) is 2.63. The maximum atomic E-state index is 12.3. The third-order valence-electron chi connectivity index (χ3n) is 5.27. The molecule has 0 atom stereocenters. The van der Waals surface area contributed by atoms with Gasteiger partial charge in [-0.1, -0.05) is 58.3 Å². The second kappa shape index (κ2) is 11.0. The van der Waals surface area contributed by atoms with Gasteiger partial charge in [-0.05, 0) is 32.1 Å². The van der Waals surface area contributed by atoms with E-state index in [1.54, 1.807) is 0 Å². The lowest BCUT2D eigenvalue weighted by Gasteiger charge is -2.18. The molecule has 0 saturated heterocycles. The molecule has 0 fully saturated rings. The molecule has 5 nitrogen and oxygen atoms in total. The molecule has 146 valence electrons. The van der Waals surface area contributed by atoms with Crippen molar-refractivity contribution in [3.8, 4) is 5.75 Å². The maximum Gasteiger partial charge on any atom is 0.264 e. The van der Waals surface area contributed by atoms with Crippen molar-refractivity contribution in [2.75, 3.05) is 6.54 Å². The van der Waals surface area contributed by atoms with Crippen molar-refractivity contribution in [3.63, 3.8) is 0 Å². The number of aromatic nitrogens is 1. The van der Waals surface area contributed by atoms with Gasteiger partial charge in [0.1, 0.15) is 11.3 Å². The molecule has 0 aromatic carbocycles. The summed E-state index contributed by atoms with van der Waals surface area (Å²) >= 11 is 0. The summed E-state index contributed by atoms with van der Waals surface area (Å²) in [7, 11) is 0. The summed E-state index contributed by atoms with van der Waals surface area (Å²) in [5, 5.41) is 13.2. The van der Waals surface area contributed by atoms with Crippen LogP contribution in [0.5, 0.6) is 5.75 Å². The molecule has 3 N–H and O–H groups in total. The predicted octanol–water partition coefficient (Wildman–Crippen LogP) is 4.22. The molecule has 26 heavy (non-hydrogen) atoms. The smallest absolute Gasteiger partial charge is 0.264 e. The molecule has 1 amide bonds. The zero-order valence-electron chi connectivity index (χ0n) is 16.2. The molecule has 1 heterocycles. The first kappa shape index (κ1) is 20.5. The number of rotatable bonds is 11. The van der Waals surface area contributed by atoms with E-state index in [9.17, 15) is 14.7 Å². The van der Waals surface area contributed by atoms with Crippen LogP contribution >= 0.6 is 0 Å². The molecule has 0 aliphatic heterocycles. The quantitative estimate of drug-likeness (QED) is 0.515. The van der Waals surface area contributed by atoms with E-state index < -0.39 is 11.5 Å². The van der Waals surface area contributed by atoms with E-state index in [-0.39, 0.29) is 11.3 Å². The molecule has 0 bridgehead atoms. The fraction of sp³-hybridized carbons (Fsp3) is 0.714. The van der Waals surface area contributed by atoms with Gasteiger partial charge in [-0.2, -0.15) is 0 Å². The predicted molar refractivity (Wildman–Crippen MR) is 105 cm³/mol. The third-order valence-corrected chi connectivity index (χ3v) is 5.27. The van der Waals surface area contributed by atoms with Crippen molar-refractivity contribution < 1.29 is 9.90 Å². The Balaban J connectivity index is 1.71. The van der Waals surface area contributed by atoms with E-state index in [2.05, 4.69) is 17.2 Å². The fourth-order valence-electron chi connectivity index (χ4n) is 3.70. The molecule has 0 unspecified atom stereocenters. The number of H-pyrrole nitrogens is 1. The van der Waals surface area contributed by atoms with Crippen LogP contribution in [0.2, 0.25) is 0 Å². The molecule has 5 heteroatoms. The number of nitrogens with one attached hydrogen (secondary N) is 2. The Bertz CT molecular complexity index is 637. The maximum absolute atomic E-state index is 12.3. The van der Waals surface area contributed by atoms with E-state index in [1.807, 2.05) is 0 Å². The van der Waals surface area contributed by atoms with E-state index >= 15 is 0 Å². The zero-order valence-corrected chi connectivity index (χ0v) is 16.2. The second-order valence-corrected chi connectivity index (χ2v) is 7.43. The number of pyridine rings is 1. The summed E-state index contributed by atoms with van der Waals surface area (Å²) in [6.45, 7) is 2.77. The lowest BCUT2D eigenvalue weighted by Crippen LogP contribution is -2.32. The van der Waals surface area contributed by atoms with Crippen LogP contribution in [-0.4, -0.2) is 22.5 Å². The number of fused-ring (bicyclic) bond motifs is 1. The van der Waals surface area contributed by atoms with E-state index in [4.69, 9.17) is 0 Å². The Labute approximate surface area is 156 Å². The van der Waals surface area contributed by atoms with Gasteiger partial charge in [-0.15, -0.1) is 0 Å². The summed E-state index contributed by atoms with van der Waals surface area (Å²) < 4.78 is 0. The lowest BCUT2D eigenvalue weighted by molar-refractivity contribution is 0.0948. The highest BCUT2D eigenvalue weighted by molar-refractivity contribution is 5.96. The molecule has 0 spiro atoms. The Morgan fingerprint density at radius 3 is 2.31 bits per heavy atom. The first-order valence-electron chi connectivity index (χ1n) is 10.4. The fourth-order valence-corrected chi connectivity index (χ4v) is 3.70. The second-order valence-electron chi connectivity index (χ2n) is 7.43. The van der Waals surface area contributed by atoms with Gasteiger partial charge >= 0.3 is 0 Å². The molecule has 1 aliphatic rings. The van der Waals surface area contributed by atoms with Crippen molar-refractivity contribution in [1.82, 2.24) is 10.3 Å². The number of amides is 1. The van der Waals surface area contributed by atoms with Crippen molar-refractivity contribution in [3.05, 3.63) is 27.2 Å². The summed E-state index contributed by atoms with van der Waals surface area (Å²) in [5.41, 5.74) is 0.924. The van der Waals surface area contributed by atoms with Crippen LogP contribution in [0.4, 0.5) is 0 Å². The Morgan fingerprint density at radius 2 is 1.62 bits per heavy atom. The van der Waals surface area contributed by atoms with Gasteiger partial charge in [-0.25, -0.2) is 0 Å².